The summed E-state index contributed by atoms with van der Waals surface area (Å²) < 4.78 is 5.42. The first-order valence-corrected chi connectivity index (χ1v) is 10.7. The number of ether oxygens (including phenoxy) is 1. The van der Waals surface area contributed by atoms with Gasteiger partial charge >= 0.3 is 0 Å². The molecule has 3 amide bonds. The van der Waals surface area contributed by atoms with E-state index in [9.17, 15) is 19.2 Å². The molecule has 0 aromatic heterocycles. The first kappa shape index (κ1) is 24.2. The predicted molar refractivity (Wildman–Crippen MR) is 128 cm³/mol. The van der Waals surface area contributed by atoms with Gasteiger partial charge in [-0.3, -0.25) is 19.2 Å². The standard InChI is InChI=1S/C26H25N3O5/c1-18(30)19-9-13-23(14-10-19)34-17-24(31)29-22-11-7-21(8-12-22)26(33)28-16-15-27-25(32)20-5-3-2-4-6-20/h2-14H,15-17H2,1H3,(H,27,32)(H,28,33)(H,29,31). The molecule has 3 N–H and O–H groups in total. The largest absolute Gasteiger partial charge is 0.484 e. The fourth-order valence-electron chi connectivity index (χ4n) is 2.98. The Morgan fingerprint density at radius 3 is 1.76 bits per heavy atom. The highest BCUT2D eigenvalue weighted by atomic mass is 16.5. The van der Waals surface area contributed by atoms with Gasteiger partial charge in [-0.1, -0.05) is 18.2 Å². The third-order valence-electron chi connectivity index (χ3n) is 4.79. The second-order valence-electron chi connectivity index (χ2n) is 7.37. The molecule has 0 spiro atoms. The summed E-state index contributed by atoms with van der Waals surface area (Å²) in [6, 6.07) is 21.8. The van der Waals surface area contributed by atoms with Gasteiger partial charge in [0, 0.05) is 35.5 Å². The van der Waals surface area contributed by atoms with Crippen LogP contribution >= 0.6 is 0 Å². The van der Waals surface area contributed by atoms with Crippen molar-refractivity contribution in [3.8, 4) is 5.75 Å². The first-order chi connectivity index (χ1) is 16.4. The predicted octanol–water partition coefficient (Wildman–Crippen LogP) is 3.07. The molecule has 8 nitrogen and oxygen atoms in total. The van der Waals surface area contributed by atoms with Crippen LogP contribution in [0.4, 0.5) is 5.69 Å². The third kappa shape index (κ3) is 7.30. The average molecular weight is 460 g/mol. The maximum Gasteiger partial charge on any atom is 0.262 e. The molecule has 8 heteroatoms. The SMILES string of the molecule is CC(=O)c1ccc(OCC(=O)Nc2ccc(C(=O)NCCNC(=O)c3ccccc3)cc2)cc1. The molecule has 0 bridgehead atoms. The number of anilines is 1. The van der Waals surface area contributed by atoms with Crippen molar-refractivity contribution in [3.05, 3.63) is 95.6 Å². The van der Waals surface area contributed by atoms with Gasteiger partial charge in [0.25, 0.3) is 17.7 Å². The fourth-order valence-corrected chi connectivity index (χ4v) is 2.98. The molecule has 34 heavy (non-hydrogen) atoms. The molecule has 0 unspecified atom stereocenters. The highest BCUT2D eigenvalue weighted by Crippen LogP contribution is 2.13. The molecule has 0 radical (unpaired) electrons. The van der Waals surface area contributed by atoms with Crippen LogP contribution in [0.1, 0.15) is 38.0 Å². The van der Waals surface area contributed by atoms with E-state index in [1.807, 2.05) is 6.07 Å². The smallest absolute Gasteiger partial charge is 0.262 e. The first-order valence-electron chi connectivity index (χ1n) is 10.7. The van der Waals surface area contributed by atoms with E-state index in [4.69, 9.17) is 4.74 Å². The minimum absolute atomic E-state index is 0.0451. The van der Waals surface area contributed by atoms with E-state index in [1.54, 1.807) is 72.8 Å². The summed E-state index contributed by atoms with van der Waals surface area (Å²) in [5, 5.41) is 8.16. The lowest BCUT2D eigenvalue weighted by Crippen LogP contribution is -2.34. The quantitative estimate of drug-likeness (QED) is 0.319. The van der Waals surface area contributed by atoms with Crippen LogP contribution in [0.25, 0.3) is 0 Å². The molecule has 0 heterocycles. The van der Waals surface area contributed by atoms with Crippen molar-refractivity contribution in [2.45, 2.75) is 6.92 Å². The molecule has 174 valence electrons. The van der Waals surface area contributed by atoms with Gasteiger partial charge in [-0.2, -0.15) is 0 Å². The molecule has 0 aliphatic rings. The molecule has 0 saturated heterocycles. The lowest BCUT2D eigenvalue weighted by molar-refractivity contribution is -0.118. The number of nitrogens with one attached hydrogen (secondary N) is 3. The summed E-state index contributed by atoms with van der Waals surface area (Å²) >= 11 is 0. The fraction of sp³-hybridized carbons (Fsp3) is 0.154. The second-order valence-corrected chi connectivity index (χ2v) is 7.37. The monoisotopic (exact) mass is 459 g/mol. The Labute approximate surface area is 197 Å². The zero-order valence-corrected chi connectivity index (χ0v) is 18.7. The maximum atomic E-state index is 12.3. The Hall–Kier alpha value is -4.46. The summed E-state index contributed by atoms with van der Waals surface area (Å²) in [4.78, 5) is 47.6. The van der Waals surface area contributed by atoms with Crippen LogP contribution in [0, 0.1) is 0 Å². The molecular weight excluding hydrogens is 434 g/mol. The third-order valence-corrected chi connectivity index (χ3v) is 4.79. The van der Waals surface area contributed by atoms with Gasteiger partial charge in [-0.05, 0) is 67.6 Å². The van der Waals surface area contributed by atoms with Crippen molar-refractivity contribution < 1.29 is 23.9 Å². The molecule has 0 saturated carbocycles. The summed E-state index contributed by atoms with van der Waals surface area (Å²) in [5.41, 5.74) is 2.07. The summed E-state index contributed by atoms with van der Waals surface area (Å²) in [6.45, 7) is 1.85. The van der Waals surface area contributed by atoms with Crippen molar-refractivity contribution in [2.75, 3.05) is 25.0 Å². The van der Waals surface area contributed by atoms with E-state index < -0.39 is 0 Å². The molecule has 0 atom stereocenters. The number of carbonyl (C=O) groups excluding carboxylic acids is 4. The lowest BCUT2D eigenvalue weighted by atomic mass is 10.1. The van der Waals surface area contributed by atoms with Crippen LogP contribution in [-0.4, -0.2) is 43.2 Å². The number of Topliss-reactive ketones (excluding diaryl/α,β-unsaturated/α-hetero) is 1. The van der Waals surface area contributed by atoms with Crippen LogP contribution < -0.4 is 20.7 Å². The van der Waals surface area contributed by atoms with Gasteiger partial charge in [0.2, 0.25) is 0 Å². The average Bonchev–Trinajstić information content (AvgIpc) is 2.86. The van der Waals surface area contributed by atoms with E-state index in [0.29, 0.717) is 34.7 Å². The summed E-state index contributed by atoms with van der Waals surface area (Å²) in [6.07, 6.45) is 0. The summed E-state index contributed by atoms with van der Waals surface area (Å²) in [5.74, 6) is -0.415. The van der Waals surface area contributed by atoms with Crippen LogP contribution in [0.3, 0.4) is 0 Å². The Kier molecular flexibility index (Phi) is 8.51. The van der Waals surface area contributed by atoms with Crippen LogP contribution in [-0.2, 0) is 4.79 Å². The van der Waals surface area contributed by atoms with Gasteiger partial charge in [-0.15, -0.1) is 0 Å². The number of carbonyl (C=O) groups is 4. The van der Waals surface area contributed by atoms with Gasteiger partial charge in [0.1, 0.15) is 5.75 Å². The summed E-state index contributed by atoms with van der Waals surface area (Å²) in [7, 11) is 0. The Morgan fingerprint density at radius 1 is 0.676 bits per heavy atom. The van der Waals surface area contributed by atoms with Crippen LogP contribution in [0.15, 0.2) is 78.9 Å². The number of ketones is 1. The molecule has 3 rings (SSSR count). The van der Waals surface area contributed by atoms with Crippen molar-refractivity contribution in [3.63, 3.8) is 0 Å². The zero-order valence-electron chi connectivity index (χ0n) is 18.7. The minimum atomic E-state index is -0.359. The van der Waals surface area contributed by atoms with Crippen molar-refractivity contribution in [2.24, 2.45) is 0 Å². The van der Waals surface area contributed by atoms with Gasteiger partial charge in [0.05, 0.1) is 0 Å². The number of amides is 3. The van der Waals surface area contributed by atoms with Gasteiger partial charge < -0.3 is 20.7 Å². The molecular formula is C26H25N3O5. The van der Waals surface area contributed by atoms with E-state index in [2.05, 4.69) is 16.0 Å². The molecule has 0 aliphatic heterocycles. The second kappa shape index (κ2) is 12.0. The number of benzene rings is 3. The van der Waals surface area contributed by atoms with E-state index >= 15 is 0 Å². The van der Waals surface area contributed by atoms with Gasteiger partial charge in [-0.25, -0.2) is 0 Å². The van der Waals surface area contributed by atoms with Gasteiger partial charge in [0.15, 0.2) is 12.4 Å². The maximum absolute atomic E-state index is 12.3. The van der Waals surface area contributed by atoms with Crippen molar-refractivity contribution in [1.29, 1.82) is 0 Å². The van der Waals surface area contributed by atoms with Crippen molar-refractivity contribution >= 4 is 29.2 Å². The van der Waals surface area contributed by atoms with Crippen LogP contribution in [0.5, 0.6) is 5.75 Å². The molecule has 0 fully saturated rings. The van der Waals surface area contributed by atoms with E-state index in [1.165, 1.54) is 6.92 Å². The van der Waals surface area contributed by atoms with Crippen LogP contribution in [0.2, 0.25) is 0 Å². The van der Waals surface area contributed by atoms with E-state index in [-0.39, 0.29) is 36.7 Å². The number of hydrogen-bond acceptors (Lipinski definition) is 5. The number of hydrogen-bond donors (Lipinski definition) is 3. The highest BCUT2D eigenvalue weighted by Gasteiger charge is 2.08. The lowest BCUT2D eigenvalue weighted by Gasteiger charge is -2.09. The Bertz CT molecular complexity index is 1140. The minimum Gasteiger partial charge on any atom is -0.484 e. The molecule has 3 aromatic carbocycles. The van der Waals surface area contributed by atoms with Crippen molar-refractivity contribution in [1.82, 2.24) is 10.6 Å². The normalized spacial score (nSPS) is 10.1. The zero-order chi connectivity index (χ0) is 24.3. The topological polar surface area (TPSA) is 114 Å². The Balaban J connectivity index is 1.38. The Morgan fingerprint density at radius 2 is 1.21 bits per heavy atom. The van der Waals surface area contributed by atoms with E-state index in [0.717, 1.165) is 0 Å². The molecule has 3 aromatic rings. The highest BCUT2D eigenvalue weighted by molar-refractivity contribution is 5.96. The number of rotatable bonds is 10. The molecule has 0 aliphatic carbocycles.